The Kier molecular flexibility index (Phi) is 3.63. The average Bonchev–Trinajstić information content (AvgIpc) is 2.73. The minimum atomic E-state index is -0.139. The fourth-order valence-electron chi connectivity index (χ4n) is 1.14. The second-order valence-electron chi connectivity index (χ2n) is 3.02. The van der Waals surface area contributed by atoms with Crippen LogP contribution in [0.3, 0.4) is 0 Å². The van der Waals surface area contributed by atoms with E-state index in [0.717, 1.165) is 8.66 Å². The molecule has 1 N–H and O–H groups in total. The number of nitrogens with zero attached hydrogens (tertiary/aromatic N) is 2. The molecule has 82 valence electrons. The lowest BCUT2D eigenvalue weighted by molar-refractivity contribution is 0.0950. The number of halogens is 1. The molecule has 2 rings (SSSR count). The van der Waals surface area contributed by atoms with E-state index in [0.29, 0.717) is 12.1 Å². The maximum atomic E-state index is 11.6. The van der Waals surface area contributed by atoms with Crippen LogP contribution in [-0.4, -0.2) is 16.1 Å². The van der Waals surface area contributed by atoms with E-state index in [1.165, 1.54) is 12.4 Å². The summed E-state index contributed by atoms with van der Waals surface area (Å²) in [6.07, 6.45) is 2.94. The van der Waals surface area contributed by atoms with Crippen LogP contribution in [0, 0.1) is 0 Å². The van der Waals surface area contributed by atoms with Crippen LogP contribution in [0.25, 0.3) is 0 Å². The maximum absolute atomic E-state index is 11.6. The first-order valence-corrected chi connectivity index (χ1v) is 6.16. The minimum absolute atomic E-state index is 0.139. The predicted octanol–water partition coefficient (Wildman–Crippen LogP) is 2.23. The molecule has 0 unspecified atom stereocenters. The summed E-state index contributed by atoms with van der Waals surface area (Å²) in [6, 6.07) is 5.56. The summed E-state index contributed by atoms with van der Waals surface area (Å²) in [5.41, 5.74) is 0.519. The normalized spacial score (nSPS) is 10.1. The molecular weight excluding hydrogens is 290 g/mol. The molecule has 2 heterocycles. The molecule has 0 saturated carbocycles. The molecule has 6 heteroatoms. The number of aromatic nitrogens is 2. The lowest BCUT2D eigenvalue weighted by Crippen LogP contribution is -2.22. The summed E-state index contributed by atoms with van der Waals surface area (Å²) in [5, 5.41) is 10.1. The molecule has 0 spiro atoms. The molecule has 0 bridgehead atoms. The van der Waals surface area contributed by atoms with E-state index in [9.17, 15) is 4.79 Å². The van der Waals surface area contributed by atoms with E-state index in [1.54, 1.807) is 17.4 Å². The highest BCUT2D eigenvalue weighted by Gasteiger charge is 2.05. The summed E-state index contributed by atoms with van der Waals surface area (Å²) in [6.45, 7) is 0.525. The van der Waals surface area contributed by atoms with Crippen molar-refractivity contribution in [3.8, 4) is 0 Å². The van der Waals surface area contributed by atoms with Gasteiger partial charge < -0.3 is 5.32 Å². The summed E-state index contributed by atoms with van der Waals surface area (Å²) >= 11 is 4.97. The highest BCUT2D eigenvalue weighted by atomic mass is 79.9. The van der Waals surface area contributed by atoms with Gasteiger partial charge in [-0.15, -0.1) is 11.3 Å². The SMILES string of the molecule is O=C(NCc1ccc(Br)s1)c1ccnnc1. The van der Waals surface area contributed by atoms with Gasteiger partial charge in [-0.05, 0) is 34.1 Å². The first-order chi connectivity index (χ1) is 7.75. The van der Waals surface area contributed by atoms with Gasteiger partial charge in [-0.25, -0.2) is 0 Å². The lowest BCUT2D eigenvalue weighted by Gasteiger charge is -2.02. The average molecular weight is 298 g/mol. The molecule has 0 saturated heterocycles. The van der Waals surface area contributed by atoms with E-state index in [4.69, 9.17) is 0 Å². The first kappa shape index (κ1) is 11.2. The Morgan fingerprint density at radius 1 is 1.38 bits per heavy atom. The Balaban J connectivity index is 1.94. The number of carbonyl (C=O) groups is 1. The van der Waals surface area contributed by atoms with E-state index < -0.39 is 0 Å². The van der Waals surface area contributed by atoms with Gasteiger partial charge in [0.15, 0.2) is 0 Å². The number of carbonyl (C=O) groups excluding carboxylic acids is 1. The second kappa shape index (κ2) is 5.18. The third-order valence-electron chi connectivity index (χ3n) is 1.90. The van der Waals surface area contributed by atoms with Gasteiger partial charge in [-0.3, -0.25) is 4.79 Å². The van der Waals surface area contributed by atoms with Crippen LogP contribution in [0.1, 0.15) is 15.2 Å². The van der Waals surface area contributed by atoms with Crippen LogP contribution in [0.2, 0.25) is 0 Å². The second-order valence-corrected chi connectivity index (χ2v) is 5.57. The van der Waals surface area contributed by atoms with Gasteiger partial charge >= 0.3 is 0 Å². The van der Waals surface area contributed by atoms with Gasteiger partial charge in [0.05, 0.1) is 28.3 Å². The predicted molar refractivity (Wildman–Crippen MR) is 65.2 cm³/mol. The van der Waals surface area contributed by atoms with Crippen LogP contribution >= 0.6 is 27.3 Å². The third kappa shape index (κ3) is 2.86. The van der Waals surface area contributed by atoms with Crippen LogP contribution in [0.5, 0.6) is 0 Å². The zero-order valence-electron chi connectivity index (χ0n) is 8.18. The van der Waals surface area contributed by atoms with Crippen molar-refractivity contribution in [1.82, 2.24) is 15.5 Å². The molecule has 16 heavy (non-hydrogen) atoms. The number of nitrogens with one attached hydrogen (secondary N) is 1. The van der Waals surface area contributed by atoms with Crippen molar-refractivity contribution in [2.24, 2.45) is 0 Å². The van der Waals surface area contributed by atoms with Crippen LogP contribution < -0.4 is 5.32 Å². The Hall–Kier alpha value is -1.27. The number of rotatable bonds is 3. The molecule has 0 fully saturated rings. The summed E-state index contributed by atoms with van der Waals surface area (Å²) < 4.78 is 1.06. The Morgan fingerprint density at radius 3 is 2.88 bits per heavy atom. The highest BCUT2D eigenvalue weighted by Crippen LogP contribution is 2.21. The van der Waals surface area contributed by atoms with Crippen molar-refractivity contribution < 1.29 is 4.79 Å². The van der Waals surface area contributed by atoms with E-state index in [1.807, 2.05) is 12.1 Å². The summed E-state index contributed by atoms with van der Waals surface area (Å²) in [5.74, 6) is -0.139. The zero-order chi connectivity index (χ0) is 11.4. The van der Waals surface area contributed by atoms with Crippen molar-refractivity contribution in [1.29, 1.82) is 0 Å². The molecule has 0 aromatic carbocycles. The minimum Gasteiger partial charge on any atom is -0.347 e. The summed E-state index contributed by atoms with van der Waals surface area (Å²) in [4.78, 5) is 12.7. The van der Waals surface area contributed by atoms with E-state index in [-0.39, 0.29) is 5.91 Å². The Morgan fingerprint density at radius 2 is 2.25 bits per heavy atom. The fourth-order valence-corrected chi connectivity index (χ4v) is 2.56. The fraction of sp³-hybridized carbons (Fsp3) is 0.100. The van der Waals surface area contributed by atoms with Crippen molar-refractivity contribution in [2.45, 2.75) is 6.54 Å². The smallest absolute Gasteiger partial charge is 0.253 e. The monoisotopic (exact) mass is 297 g/mol. The van der Waals surface area contributed by atoms with Crippen molar-refractivity contribution in [3.05, 3.63) is 44.8 Å². The van der Waals surface area contributed by atoms with Crippen molar-refractivity contribution >= 4 is 33.2 Å². The largest absolute Gasteiger partial charge is 0.347 e. The van der Waals surface area contributed by atoms with Gasteiger partial charge in [0, 0.05) is 4.88 Å². The maximum Gasteiger partial charge on any atom is 0.253 e. The topological polar surface area (TPSA) is 54.9 Å². The molecule has 0 radical (unpaired) electrons. The number of hydrogen-bond donors (Lipinski definition) is 1. The standard InChI is InChI=1S/C10H8BrN3OS/c11-9-2-1-8(16-9)6-12-10(15)7-3-4-13-14-5-7/h1-5H,6H2,(H,12,15). The first-order valence-electron chi connectivity index (χ1n) is 4.55. The molecule has 2 aromatic rings. The lowest BCUT2D eigenvalue weighted by atomic mass is 10.3. The van der Waals surface area contributed by atoms with Crippen LogP contribution in [0.4, 0.5) is 0 Å². The molecule has 0 aliphatic heterocycles. The Labute approximate surface area is 105 Å². The molecule has 1 amide bonds. The molecule has 0 aliphatic rings. The third-order valence-corrected chi connectivity index (χ3v) is 3.52. The summed E-state index contributed by atoms with van der Waals surface area (Å²) in [7, 11) is 0. The van der Waals surface area contributed by atoms with E-state index >= 15 is 0 Å². The molecule has 0 atom stereocenters. The van der Waals surface area contributed by atoms with Gasteiger partial charge in [-0.1, -0.05) is 0 Å². The van der Waals surface area contributed by atoms with E-state index in [2.05, 4.69) is 31.4 Å². The van der Waals surface area contributed by atoms with Gasteiger partial charge in [0.1, 0.15) is 0 Å². The quantitative estimate of drug-likeness (QED) is 0.945. The van der Waals surface area contributed by atoms with Crippen LogP contribution in [0.15, 0.2) is 34.4 Å². The Bertz CT molecular complexity index is 486. The van der Waals surface area contributed by atoms with Gasteiger partial charge in [0.2, 0.25) is 0 Å². The van der Waals surface area contributed by atoms with Gasteiger partial charge in [-0.2, -0.15) is 10.2 Å². The number of amides is 1. The molecule has 4 nitrogen and oxygen atoms in total. The number of hydrogen-bond acceptors (Lipinski definition) is 4. The molecular formula is C10H8BrN3OS. The van der Waals surface area contributed by atoms with Gasteiger partial charge in [0.25, 0.3) is 5.91 Å². The van der Waals surface area contributed by atoms with Crippen molar-refractivity contribution in [2.75, 3.05) is 0 Å². The highest BCUT2D eigenvalue weighted by molar-refractivity contribution is 9.11. The van der Waals surface area contributed by atoms with Crippen molar-refractivity contribution in [3.63, 3.8) is 0 Å². The number of thiophene rings is 1. The molecule has 0 aliphatic carbocycles. The van der Waals surface area contributed by atoms with Crippen LogP contribution in [-0.2, 0) is 6.54 Å². The zero-order valence-corrected chi connectivity index (χ0v) is 10.6. The molecule has 2 aromatic heterocycles.